The molecule has 1 saturated heterocycles. The van der Waals surface area contributed by atoms with E-state index in [-0.39, 0.29) is 11.9 Å². The van der Waals surface area contributed by atoms with Crippen LogP contribution in [0.4, 0.5) is 4.39 Å². The van der Waals surface area contributed by atoms with E-state index in [1.165, 1.54) is 12.1 Å². The number of hydrogen-bond acceptors (Lipinski definition) is 2. The third-order valence-electron chi connectivity index (χ3n) is 3.46. The second-order valence-electron chi connectivity index (χ2n) is 4.81. The fraction of sp³-hybridized carbons (Fsp3) is 0.462. The molecule has 98 valence electrons. The van der Waals surface area contributed by atoms with E-state index in [0.29, 0.717) is 29.0 Å². The Bertz CT molecular complexity index is 466. The first-order valence-corrected chi connectivity index (χ1v) is 6.78. The molecule has 2 N–H and O–H groups in total. The zero-order valence-corrected chi connectivity index (χ0v) is 11.8. The average Bonchev–Trinajstić information content (AvgIpc) is 2.35. The van der Waals surface area contributed by atoms with E-state index in [2.05, 4.69) is 22.9 Å². The van der Waals surface area contributed by atoms with Crippen molar-refractivity contribution in [1.29, 1.82) is 0 Å². The molecule has 1 heterocycles. The molecule has 1 aliphatic heterocycles. The maximum Gasteiger partial charge on any atom is 0.255 e. The number of benzene rings is 1. The van der Waals surface area contributed by atoms with Gasteiger partial charge < -0.3 is 10.6 Å². The zero-order valence-electron chi connectivity index (χ0n) is 10.2. The average molecular weight is 315 g/mol. The van der Waals surface area contributed by atoms with Gasteiger partial charge in [-0.05, 0) is 46.5 Å². The third-order valence-corrected chi connectivity index (χ3v) is 4.15. The molecule has 1 aromatic rings. The minimum atomic E-state index is -0.406. The molecule has 1 aliphatic rings. The molecule has 0 aliphatic carbocycles. The number of halogens is 2. The van der Waals surface area contributed by atoms with E-state index < -0.39 is 5.82 Å². The van der Waals surface area contributed by atoms with Crippen LogP contribution in [-0.4, -0.2) is 29.9 Å². The van der Waals surface area contributed by atoms with E-state index >= 15 is 0 Å². The number of carbonyl (C=O) groups excluding carboxylic acids is 1. The van der Waals surface area contributed by atoms with E-state index in [0.717, 1.165) is 6.42 Å². The van der Waals surface area contributed by atoms with Gasteiger partial charge in [-0.25, -0.2) is 4.39 Å². The van der Waals surface area contributed by atoms with E-state index in [1.807, 2.05) is 0 Å². The Morgan fingerprint density at radius 2 is 2.28 bits per heavy atom. The molecule has 3 nitrogen and oxygen atoms in total. The van der Waals surface area contributed by atoms with Gasteiger partial charge in [0, 0.05) is 23.6 Å². The largest absolute Gasteiger partial charge is 0.337 e. The summed E-state index contributed by atoms with van der Waals surface area (Å²) in [5.41, 5.74) is 6.33. The summed E-state index contributed by atoms with van der Waals surface area (Å²) in [6.45, 7) is 3.30. The number of amides is 1. The Morgan fingerprint density at radius 3 is 2.94 bits per heavy atom. The summed E-state index contributed by atoms with van der Waals surface area (Å²) < 4.78 is 13.8. The van der Waals surface area contributed by atoms with Gasteiger partial charge in [-0.2, -0.15) is 0 Å². The SMILES string of the molecule is CC1CCN(C(=O)c2cc(F)ccc2Br)CC1N. The Kier molecular flexibility index (Phi) is 4.02. The van der Waals surface area contributed by atoms with Crippen LogP contribution < -0.4 is 5.73 Å². The second-order valence-corrected chi connectivity index (χ2v) is 5.66. The molecule has 1 amide bonds. The fourth-order valence-corrected chi connectivity index (χ4v) is 2.53. The van der Waals surface area contributed by atoms with Crippen molar-refractivity contribution in [2.24, 2.45) is 11.7 Å². The highest BCUT2D eigenvalue weighted by Crippen LogP contribution is 2.22. The number of rotatable bonds is 1. The van der Waals surface area contributed by atoms with Crippen molar-refractivity contribution in [3.63, 3.8) is 0 Å². The van der Waals surface area contributed by atoms with Crippen molar-refractivity contribution in [3.05, 3.63) is 34.1 Å². The number of likely N-dealkylation sites (tertiary alicyclic amines) is 1. The van der Waals surface area contributed by atoms with Gasteiger partial charge in [-0.3, -0.25) is 4.79 Å². The van der Waals surface area contributed by atoms with Gasteiger partial charge in [0.15, 0.2) is 0 Å². The van der Waals surface area contributed by atoms with Crippen LogP contribution in [0.3, 0.4) is 0 Å². The summed E-state index contributed by atoms with van der Waals surface area (Å²) in [5.74, 6) is -0.148. The highest BCUT2D eigenvalue weighted by Gasteiger charge is 2.27. The third kappa shape index (κ3) is 2.72. The smallest absolute Gasteiger partial charge is 0.255 e. The van der Waals surface area contributed by atoms with Crippen LogP contribution in [0.1, 0.15) is 23.7 Å². The van der Waals surface area contributed by atoms with Crippen molar-refractivity contribution >= 4 is 21.8 Å². The lowest BCUT2D eigenvalue weighted by Crippen LogP contribution is -2.49. The van der Waals surface area contributed by atoms with Gasteiger partial charge >= 0.3 is 0 Å². The number of nitrogens with zero attached hydrogens (tertiary/aromatic N) is 1. The molecule has 0 aromatic heterocycles. The summed E-state index contributed by atoms with van der Waals surface area (Å²) in [6, 6.07) is 4.13. The monoisotopic (exact) mass is 314 g/mol. The quantitative estimate of drug-likeness (QED) is 0.865. The van der Waals surface area contributed by atoms with Crippen molar-refractivity contribution in [2.45, 2.75) is 19.4 Å². The molecular formula is C13H16BrFN2O. The van der Waals surface area contributed by atoms with Crippen LogP contribution in [-0.2, 0) is 0 Å². The molecule has 0 radical (unpaired) electrons. The van der Waals surface area contributed by atoms with Crippen LogP contribution in [0.5, 0.6) is 0 Å². The lowest BCUT2D eigenvalue weighted by molar-refractivity contribution is 0.0671. The number of nitrogens with two attached hydrogens (primary N) is 1. The first kappa shape index (κ1) is 13.5. The lowest BCUT2D eigenvalue weighted by atomic mass is 9.94. The van der Waals surface area contributed by atoms with Gasteiger partial charge in [-0.1, -0.05) is 6.92 Å². The summed E-state index contributed by atoms with van der Waals surface area (Å²) in [5, 5.41) is 0. The topological polar surface area (TPSA) is 46.3 Å². The van der Waals surface area contributed by atoms with Gasteiger partial charge in [0.1, 0.15) is 5.82 Å². The molecule has 0 bridgehead atoms. The molecule has 2 atom stereocenters. The van der Waals surface area contributed by atoms with Crippen LogP contribution in [0.25, 0.3) is 0 Å². The number of hydrogen-bond donors (Lipinski definition) is 1. The summed E-state index contributed by atoms with van der Waals surface area (Å²) in [6.07, 6.45) is 0.889. The number of piperidine rings is 1. The van der Waals surface area contributed by atoms with Crippen molar-refractivity contribution < 1.29 is 9.18 Å². The Balaban J connectivity index is 2.19. The minimum absolute atomic E-state index is 0.00460. The molecule has 1 fully saturated rings. The normalized spacial score (nSPS) is 24.1. The molecule has 0 saturated carbocycles. The first-order valence-electron chi connectivity index (χ1n) is 5.99. The van der Waals surface area contributed by atoms with Gasteiger partial charge in [0.05, 0.1) is 5.56 Å². The van der Waals surface area contributed by atoms with Crippen LogP contribution >= 0.6 is 15.9 Å². The maximum atomic E-state index is 13.2. The minimum Gasteiger partial charge on any atom is -0.337 e. The van der Waals surface area contributed by atoms with Gasteiger partial charge in [0.25, 0.3) is 5.91 Å². The number of carbonyl (C=O) groups is 1. The molecule has 18 heavy (non-hydrogen) atoms. The maximum absolute atomic E-state index is 13.2. The van der Waals surface area contributed by atoms with Crippen molar-refractivity contribution in [1.82, 2.24) is 4.90 Å². The second kappa shape index (κ2) is 5.36. The standard InChI is InChI=1S/C13H16BrFN2O/c1-8-4-5-17(7-12(8)16)13(18)10-6-9(15)2-3-11(10)14/h2-3,6,8,12H,4-5,7,16H2,1H3. The van der Waals surface area contributed by atoms with Crippen molar-refractivity contribution in [3.8, 4) is 0 Å². The summed E-state index contributed by atoms with van der Waals surface area (Å²) in [4.78, 5) is 14.0. The highest BCUT2D eigenvalue weighted by atomic mass is 79.9. The van der Waals surface area contributed by atoms with Crippen LogP contribution in [0.2, 0.25) is 0 Å². The van der Waals surface area contributed by atoms with E-state index in [1.54, 1.807) is 11.0 Å². The highest BCUT2D eigenvalue weighted by molar-refractivity contribution is 9.10. The molecule has 2 rings (SSSR count). The molecule has 5 heteroatoms. The fourth-order valence-electron chi connectivity index (χ4n) is 2.12. The molecule has 1 aromatic carbocycles. The Morgan fingerprint density at radius 1 is 1.56 bits per heavy atom. The van der Waals surface area contributed by atoms with E-state index in [4.69, 9.17) is 5.73 Å². The predicted molar refractivity (Wildman–Crippen MR) is 71.8 cm³/mol. The summed E-state index contributed by atoms with van der Waals surface area (Å²) in [7, 11) is 0. The van der Waals surface area contributed by atoms with Crippen molar-refractivity contribution in [2.75, 3.05) is 13.1 Å². The zero-order chi connectivity index (χ0) is 13.3. The molecule has 2 unspecified atom stereocenters. The summed E-state index contributed by atoms with van der Waals surface area (Å²) >= 11 is 3.28. The molecular weight excluding hydrogens is 299 g/mol. The van der Waals surface area contributed by atoms with Gasteiger partial charge in [-0.15, -0.1) is 0 Å². The first-order chi connectivity index (χ1) is 8.49. The predicted octanol–water partition coefficient (Wildman–Crippen LogP) is 2.40. The lowest BCUT2D eigenvalue weighted by Gasteiger charge is -2.35. The van der Waals surface area contributed by atoms with Gasteiger partial charge in [0.2, 0.25) is 0 Å². The Labute approximate surface area is 114 Å². The van der Waals surface area contributed by atoms with Crippen LogP contribution in [0, 0.1) is 11.7 Å². The Hall–Kier alpha value is -0.940. The van der Waals surface area contributed by atoms with Crippen LogP contribution in [0.15, 0.2) is 22.7 Å². The molecule has 0 spiro atoms. The van der Waals surface area contributed by atoms with E-state index in [9.17, 15) is 9.18 Å².